The molecule has 3 rings (SSSR count). The summed E-state index contributed by atoms with van der Waals surface area (Å²) in [5, 5.41) is 9.28. The monoisotopic (exact) mass is 251 g/mol. The van der Waals surface area contributed by atoms with E-state index in [9.17, 15) is 14.7 Å². The first-order chi connectivity index (χ1) is 8.44. The second-order valence-corrected chi connectivity index (χ2v) is 5.85. The molecule has 0 radical (unpaired) electrons. The summed E-state index contributed by atoms with van der Waals surface area (Å²) in [5.74, 6) is -1.89. The molecule has 2 fully saturated rings. The Morgan fingerprint density at radius 2 is 2.39 bits per heavy atom. The summed E-state index contributed by atoms with van der Waals surface area (Å²) in [6.45, 7) is 5.24. The number of amides is 1. The minimum Gasteiger partial charge on any atom is -0.481 e. The molecule has 3 aliphatic heterocycles. The highest BCUT2D eigenvalue weighted by molar-refractivity contribution is 5.90. The predicted molar refractivity (Wildman–Crippen MR) is 62.8 cm³/mol. The molecule has 3 aliphatic rings. The van der Waals surface area contributed by atoms with Gasteiger partial charge in [0, 0.05) is 6.54 Å². The van der Waals surface area contributed by atoms with Crippen LogP contribution >= 0.6 is 0 Å². The van der Waals surface area contributed by atoms with Crippen LogP contribution in [0.4, 0.5) is 0 Å². The molecule has 1 amide bonds. The lowest BCUT2D eigenvalue weighted by atomic mass is 9.77. The van der Waals surface area contributed by atoms with Gasteiger partial charge in [-0.15, -0.1) is 0 Å². The van der Waals surface area contributed by atoms with E-state index < -0.39 is 29.5 Å². The Kier molecular flexibility index (Phi) is 2.32. The molecule has 4 atom stereocenters. The number of carboxylic acid groups (broad SMARTS) is 1. The van der Waals surface area contributed by atoms with Crippen molar-refractivity contribution in [2.75, 3.05) is 13.1 Å². The molecule has 98 valence electrons. The van der Waals surface area contributed by atoms with Gasteiger partial charge >= 0.3 is 5.97 Å². The third kappa shape index (κ3) is 1.37. The smallest absolute Gasteiger partial charge is 0.310 e. The van der Waals surface area contributed by atoms with E-state index in [0.717, 1.165) is 0 Å². The third-order valence-electron chi connectivity index (χ3n) is 4.05. The molecule has 0 aliphatic carbocycles. The average Bonchev–Trinajstić information content (AvgIpc) is 2.87. The molecule has 3 heterocycles. The lowest BCUT2D eigenvalue weighted by Crippen LogP contribution is -2.39. The van der Waals surface area contributed by atoms with Crippen LogP contribution in [0.1, 0.15) is 13.8 Å². The SMILES string of the molecule is CC(C)CN1C[C@@]23C=C[C@@H](O2)[C@@H](C(=O)O)[C@@H]3C1=O. The van der Waals surface area contributed by atoms with Crippen molar-refractivity contribution in [2.45, 2.75) is 25.6 Å². The Morgan fingerprint density at radius 3 is 3.00 bits per heavy atom. The van der Waals surface area contributed by atoms with Crippen molar-refractivity contribution >= 4 is 11.9 Å². The van der Waals surface area contributed by atoms with E-state index in [4.69, 9.17) is 4.74 Å². The number of fused-ring (bicyclic) bond motifs is 1. The molecule has 0 aromatic heterocycles. The Balaban J connectivity index is 1.92. The maximum absolute atomic E-state index is 12.4. The molecule has 18 heavy (non-hydrogen) atoms. The first-order valence-corrected chi connectivity index (χ1v) is 6.33. The van der Waals surface area contributed by atoms with Gasteiger partial charge in [0.15, 0.2) is 0 Å². The topological polar surface area (TPSA) is 66.8 Å². The molecule has 0 aromatic carbocycles. The van der Waals surface area contributed by atoms with Gasteiger partial charge < -0.3 is 14.7 Å². The summed E-state index contributed by atoms with van der Waals surface area (Å²) < 4.78 is 5.79. The quantitative estimate of drug-likeness (QED) is 0.742. The Bertz CT molecular complexity index is 444. The number of rotatable bonds is 3. The molecule has 1 spiro atoms. The highest BCUT2D eigenvalue weighted by atomic mass is 16.5. The maximum atomic E-state index is 12.4. The third-order valence-corrected chi connectivity index (χ3v) is 4.05. The van der Waals surface area contributed by atoms with Gasteiger partial charge in [-0.2, -0.15) is 0 Å². The zero-order valence-corrected chi connectivity index (χ0v) is 10.5. The molecule has 1 N–H and O–H groups in total. The van der Waals surface area contributed by atoms with Crippen molar-refractivity contribution in [3.05, 3.63) is 12.2 Å². The van der Waals surface area contributed by atoms with Gasteiger partial charge in [-0.05, 0) is 5.92 Å². The van der Waals surface area contributed by atoms with E-state index in [1.54, 1.807) is 11.0 Å². The van der Waals surface area contributed by atoms with E-state index in [0.29, 0.717) is 19.0 Å². The average molecular weight is 251 g/mol. The van der Waals surface area contributed by atoms with Crippen molar-refractivity contribution in [3.63, 3.8) is 0 Å². The molecule has 5 nitrogen and oxygen atoms in total. The van der Waals surface area contributed by atoms with Crippen molar-refractivity contribution < 1.29 is 19.4 Å². The number of aliphatic carboxylic acids is 1. The lowest BCUT2D eigenvalue weighted by Gasteiger charge is -2.22. The summed E-state index contributed by atoms with van der Waals surface area (Å²) in [6, 6.07) is 0. The molecule has 2 bridgehead atoms. The summed E-state index contributed by atoms with van der Waals surface area (Å²) in [5.41, 5.74) is -0.681. The molecular formula is C13H17NO4. The van der Waals surface area contributed by atoms with Gasteiger partial charge in [0.05, 0.1) is 18.6 Å². The van der Waals surface area contributed by atoms with Crippen LogP contribution in [0.2, 0.25) is 0 Å². The van der Waals surface area contributed by atoms with Crippen molar-refractivity contribution in [1.29, 1.82) is 0 Å². The molecule has 2 saturated heterocycles. The lowest BCUT2D eigenvalue weighted by molar-refractivity contribution is -0.148. The molecular weight excluding hydrogens is 234 g/mol. The number of likely N-dealkylation sites (tertiary alicyclic amines) is 1. The first-order valence-electron chi connectivity index (χ1n) is 6.33. The van der Waals surface area contributed by atoms with Crippen LogP contribution in [0.25, 0.3) is 0 Å². The molecule has 0 saturated carbocycles. The number of hydrogen-bond donors (Lipinski definition) is 1. The normalized spacial score (nSPS) is 40.9. The van der Waals surface area contributed by atoms with Gasteiger partial charge in [0.2, 0.25) is 5.91 Å². The highest BCUT2D eigenvalue weighted by Gasteiger charge is 2.66. The highest BCUT2D eigenvalue weighted by Crippen LogP contribution is 2.51. The summed E-state index contributed by atoms with van der Waals surface area (Å²) in [6.07, 6.45) is 3.25. The fourth-order valence-corrected chi connectivity index (χ4v) is 3.46. The van der Waals surface area contributed by atoms with E-state index in [1.807, 2.05) is 19.9 Å². The van der Waals surface area contributed by atoms with Gasteiger partial charge in [0.1, 0.15) is 11.5 Å². The summed E-state index contributed by atoms with van der Waals surface area (Å²) >= 11 is 0. The van der Waals surface area contributed by atoms with E-state index in [2.05, 4.69) is 0 Å². The van der Waals surface area contributed by atoms with Gasteiger partial charge in [-0.3, -0.25) is 9.59 Å². The van der Waals surface area contributed by atoms with Crippen molar-refractivity contribution in [1.82, 2.24) is 4.90 Å². The number of carbonyl (C=O) groups is 2. The molecule has 0 unspecified atom stereocenters. The van der Waals surface area contributed by atoms with Gasteiger partial charge in [0.25, 0.3) is 0 Å². The van der Waals surface area contributed by atoms with Crippen LogP contribution in [0.5, 0.6) is 0 Å². The van der Waals surface area contributed by atoms with Crippen LogP contribution in [0.3, 0.4) is 0 Å². The molecule has 5 heteroatoms. The zero-order valence-electron chi connectivity index (χ0n) is 10.5. The summed E-state index contributed by atoms with van der Waals surface area (Å²) in [4.78, 5) is 25.4. The van der Waals surface area contributed by atoms with Crippen molar-refractivity contribution in [3.8, 4) is 0 Å². The fourth-order valence-electron chi connectivity index (χ4n) is 3.46. The number of nitrogens with zero attached hydrogens (tertiary/aromatic N) is 1. The standard InChI is InChI=1S/C13H17NO4/c1-7(2)5-14-6-13-4-3-8(18-13)9(12(16)17)10(13)11(14)15/h3-4,7-10H,5-6H2,1-2H3,(H,16,17)/t8-,9-,10-,13-/m1/s1. The van der Waals surface area contributed by atoms with Crippen LogP contribution in [-0.4, -0.2) is 46.7 Å². The van der Waals surface area contributed by atoms with Crippen LogP contribution in [-0.2, 0) is 14.3 Å². The maximum Gasteiger partial charge on any atom is 0.310 e. The second-order valence-electron chi connectivity index (χ2n) is 5.85. The number of carbonyl (C=O) groups excluding carboxylic acids is 1. The van der Waals surface area contributed by atoms with Gasteiger partial charge in [-0.25, -0.2) is 0 Å². The number of hydrogen-bond acceptors (Lipinski definition) is 3. The number of ether oxygens (including phenoxy) is 1. The Morgan fingerprint density at radius 1 is 1.67 bits per heavy atom. The second kappa shape index (κ2) is 3.57. The Hall–Kier alpha value is -1.36. The van der Waals surface area contributed by atoms with E-state index >= 15 is 0 Å². The van der Waals surface area contributed by atoms with Crippen LogP contribution in [0.15, 0.2) is 12.2 Å². The van der Waals surface area contributed by atoms with Crippen LogP contribution < -0.4 is 0 Å². The zero-order chi connectivity index (χ0) is 13.1. The number of carboxylic acids is 1. The minimum atomic E-state index is -0.934. The first kappa shape index (κ1) is 11.7. The Labute approximate surface area is 105 Å². The van der Waals surface area contributed by atoms with E-state index in [1.165, 1.54) is 0 Å². The predicted octanol–water partition coefficient (Wildman–Crippen LogP) is 0.509. The summed E-state index contributed by atoms with van der Waals surface area (Å²) in [7, 11) is 0. The van der Waals surface area contributed by atoms with Gasteiger partial charge in [-0.1, -0.05) is 26.0 Å². The minimum absolute atomic E-state index is 0.0667. The van der Waals surface area contributed by atoms with E-state index in [-0.39, 0.29) is 5.91 Å². The fraction of sp³-hybridized carbons (Fsp3) is 0.692. The van der Waals surface area contributed by atoms with Crippen LogP contribution in [0, 0.1) is 17.8 Å². The largest absolute Gasteiger partial charge is 0.481 e. The van der Waals surface area contributed by atoms with Crippen molar-refractivity contribution in [2.24, 2.45) is 17.8 Å². The molecule has 0 aromatic rings.